The van der Waals surface area contributed by atoms with Crippen molar-refractivity contribution >= 4 is 16.4 Å². The average Bonchev–Trinajstić information content (AvgIpc) is 3.01. The Morgan fingerprint density at radius 3 is 2.54 bits per heavy atom. The fourth-order valence-corrected chi connectivity index (χ4v) is 2.88. The summed E-state index contributed by atoms with van der Waals surface area (Å²) in [5, 5.41) is 4.94. The Labute approximate surface area is 136 Å². The van der Waals surface area contributed by atoms with Gasteiger partial charge in [-0.15, -0.1) is 0 Å². The molecule has 4 aromatic rings. The first-order valence-corrected chi connectivity index (χ1v) is 7.35. The van der Waals surface area contributed by atoms with Gasteiger partial charge in [-0.25, -0.2) is 9.20 Å². The molecule has 6 nitrogen and oxygen atoms in total. The lowest BCUT2D eigenvalue weighted by atomic mass is 10.1. The van der Waals surface area contributed by atoms with E-state index in [0.29, 0.717) is 22.7 Å². The first-order chi connectivity index (χ1) is 11.7. The molecule has 0 aliphatic rings. The summed E-state index contributed by atoms with van der Waals surface area (Å²) in [7, 11) is 3.15. The lowest BCUT2D eigenvalue weighted by molar-refractivity contribution is 0.350. The van der Waals surface area contributed by atoms with Crippen molar-refractivity contribution in [3.05, 3.63) is 59.1 Å². The van der Waals surface area contributed by atoms with E-state index in [1.807, 2.05) is 36.4 Å². The summed E-state index contributed by atoms with van der Waals surface area (Å²) in [5.41, 5.74) is 2.79. The van der Waals surface area contributed by atoms with Crippen LogP contribution < -0.4 is 15.2 Å². The third-order valence-corrected chi connectivity index (χ3v) is 4.01. The largest absolute Gasteiger partial charge is 0.493 e. The molecule has 0 N–H and O–H groups in total. The highest BCUT2D eigenvalue weighted by Crippen LogP contribution is 2.33. The first-order valence-electron chi connectivity index (χ1n) is 7.35. The van der Waals surface area contributed by atoms with E-state index in [-0.39, 0.29) is 0 Å². The number of hydrogen-bond acceptors (Lipinski definition) is 5. The Morgan fingerprint density at radius 2 is 1.75 bits per heavy atom. The summed E-state index contributed by atoms with van der Waals surface area (Å²) in [6, 6.07) is 15.0. The maximum absolute atomic E-state index is 12.1. The number of benzene rings is 2. The van der Waals surface area contributed by atoms with Gasteiger partial charge in [0, 0.05) is 10.9 Å². The van der Waals surface area contributed by atoms with E-state index in [1.54, 1.807) is 26.4 Å². The van der Waals surface area contributed by atoms with Crippen LogP contribution in [0.1, 0.15) is 0 Å². The molecule has 6 heteroatoms. The van der Waals surface area contributed by atoms with Gasteiger partial charge in [0.1, 0.15) is 5.69 Å². The van der Waals surface area contributed by atoms with Crippen molar-refractivity contribution in [3.63, 3.8) is 0 Å². The van der Waals surface area contributed by atoms with Crippen molar-refractivity contribution in [2.24, 2.45) is 0 Å². The third-order valence-electron chi connectivity index (χ3n) is 4.01. The van der Waals surface area contributed by atoms with Gasteiger partial charge in [0.15, 0.2) is 11.5 Å². The fraction of sp³-hybridized carbons (Fsp3) is 0.111. The lowest BCUT2D eigenvalue weighted by Gasteiger charge is -2.09. The van der Waals surface area contributed by atoms with Gasteiger partial charge in [-0.05, 0) is 30.3 Å². The monoisotopic (exact) mass is 322 g/mol. The Morgan fingerprint density at radius 1 is 0.958 bits per heavy atom. The molecule has 4 rings (SSSR count). The first kappa shape index (κ1) is 14.3. The normalized spacial score (nSPS) is 11.1. The molecule has 0 aliphatic heterocycles. The van der Waals surface area contributed by atoms with Crippen LogP contribution in [0.25, 0.3) is 27.7 Å². The van der Waals surface area contributed by atoms with Crippen LogP contribution in [0.2, 0.25) is 0 Å². The number of hydrogen-bond donors (Lipinski definition) is 0. The van der Waals surface area contributed by atoms with E-state index in [4.69, 9.17) is 14.0 Å². The van der Waals surface area contributed by atoms with Crippen LogP contribution in [0.4, 0.5) is 0 Å². The number of aromatic nitrogens is 2. The average molecular weight is 322 g/mol. The molecule has 0 bridgehead atoms. The van der Waals surface area contributed by atoms with Crippen molar-refractivity contribution in [3.8, 4) is 22.8 Å². The minimum atomic E-state index is -0.518. The highest BCUT2D eigenvalue weighted by Gasteiger charge is 2.15. The van der Waals surface area contributed by atoms with Crippen LogP contribution in [0.15, 0.2) is 57.8 Å². The molecule has 0 aliphatic carbocycles. The van der Waals surface area contributed by atoms with Crippen molar-refractivity contribution in [2.45, 2.75) is 0 Å². The Hall–Kier alpha value is -3.28. The van der Waals surface area contributed by atoms with Gasteiger partial charge < -0.3 is 9.47 Å². The lowest BCUT2D eigenvalue weighted by Crippen LogP contribution is -2.12. The highest BCUT2D eigenvalue weighted by molar-refractivity contribution is 5.92. The molecule has 0 unspecified atom stereocenters. The van der Waals surface area contributed by atoms with Crippen molar-refractivity contribution in [1.29, 1.82) is 0 Å². The van der Waals surface area contributed by atoms with Crippen LogP contribution in [-0.4, -0.2) is 23.8 Å². The smallest absolute Gasteiger partial charge is 0.445 e. The van der Waals surface area contributed by atoms with Crippen molar-refractivity contribution in [1.82, 2.24) is 9.56 Å². The number of fused-ring (bicyclic) bond motifs is 3. The fourth-order valence-electron chi connectivity index (χ4n) is 2.88. The zero-order valence-electron chi connectivity index (χ0n) is 13.1. The quantitative estimate of drug-likeness (QED) is 0.580. The number of nitrogens with zero attached hydrogens (tertiary/aromatic N) is 2. The molecule has 0 saturated carbocycles. The van der Waals surface area contributed by atoms with Crippen LogP contribution >= 0.6 is 0 Å². The molecule has 2 aromatic heterocycles. The third kappa shape index (κ3) is 2.04. The molecule has 2 aromatic carbocycles. The predicted molar refractivity (Wildman–Crippen MR) is 89.8 cm³/mol. The molecule has 0 fully saturated rings. The molecule has 24 heavy (non-hydrogen) atoms. The second-order valence-electron chi connectivity index (χ2n) is 5.29. The van der Waals surface area contributed by atoms with Gasteiger partial charge in [0.05, 0.1) is 25.3 Å². The topological polar surface area (TPSA) is 66.0 Å². The second kappa shape index (κ2) is 5.42. The van der Waals surface area contributed by atoms with E-state index in [9.17, 15) is 4.79 Å². The van der Waals surface area contributed by atoms with Crippen LogP contribution in [0.5, 0.6) is 11.5 Å². The maximum atomic E-state index is 12.1. The minimum Gasteiger partial charge on any atom is -0.493 e. The zero-order chi connectivity index (χ0) is 16.7. The summed E-state index contributed by atoms with van der Waals surface area (Å²) < 4.78 is 17.1. The molecule has 120 valence electrons. The van der Waals surface area contributed by atoms with Crippen molar-refractivity contribution in [2.75, 3.05) is 14.2 Å². The van der Waals surface area contributed by atoms with Gasteiger partial charge in [-0.1, -0.05) is 23.4 Å². The molecule has 0 radical (unpaired) electrons. The Kier molecular flexibility index (Phi) is 3.23. The van der Waals surface area contributed by atoms with Gasteiger partial charge in [0.2, 0.25) is 0 Å². The number of ether oxygens (including phenoxy) is 2. The molecular formula is C18H14N2O4. The highest BCUT2D eigenvalue weighted by atomic mass is 16.5. The van der Waals surface area contributed by atoms with Crippen LogP contribution in [-0.2, 0) is 0 Å². The van der Waals surface area contributed by atoms with Gasteiger partial charge in [-0.3, -0.25) is 4.52 Å². The summed E-state index contributed by atoms with van der Waals surface area (Å²) in [6.45, 7) is 0. The van der Waals surface area contributed by atoms with E-state index >= 15 is 0 Å². The van der Waals surface area contributed by atoms with Gasteiger partial charge in [-0.2, -0.15) is 0 Å². The molecule has 2 heterocycles. The number of para-hydroxylation sites is 1. The zero-order valence-corrected chi connectivity index (χ0v) is 13.1. The van der Waals surface area contributed by atoms with E-state index in [1.165, 1.54) is 4.40 Å². The summed E-state index contributed by atoms with van der Waals surface area (Å²) in [5.74, 6) is 0.683. The summed E-state index contributed by atoms with van der Waals surface area (Å²) in [6.07, 6.45) is 0. The molecule has 0 amide bonds. The van der Waals surface area contributed by atoms with Gasteiger partial charge in [0.25, 0.3) is 0 Å². The van der Waals surface area contributed by atoms with E-state index in [2.05, 4.69) is 5.16 Å². The Balaban J connectivity index is 2.04. The Bertz CT molecular complexity index is 1110. The molecular weight excluding hydrogens is 308 g/mol. The predicted octanol–water partition coefficient (Wildman–Crippen LogP) is 3.12. The number of rotatable bonds is 3. The molecule has 0 spiro atoms. The minimum absolute atomic E-state index is 0.518. The van der Waals surface area contributed by atoms with Crippen LogP contribution in [0.3, 0.4) is 0 Å². The van der Waals surface area contributed by atoms with Crippen molar-refractivity contribution < 1.29 is 14.0 Å². The van der Waals surface area contributed by atoms with E-state index in [0.717, 1.165) is 16.5 Å². The molecule has 0 saturated heterocycles. The van der Waals surface area contributed by atoms with Crippen LogP contribution in [0, 0.1) is 0 Å². The summed E-state index contributed by atoms with van der Waals surface area (Å²) in [4.78, 5) is 12.1. The SMILES string of the molecule is COc1ccc(-c2noc(=O)n3c2cc2ccccc23)cc1OC. The second-order valence-corrected chi connectivity index (χ2v) is 5.29. The standard InChI is InChI=1S/C18H14N2O4/c1-22-15-8-7-12(10-16(15)23-2)17-14-9-11-5-3-4-6-13(11)20(14)18(21)24-19-17/h3-10H,1-2H3. The maximum Gasteiger partial charge on any atom is 0.445 e. The molecule has 0 atom stereocenters. The van der Waals surface area contributed by atoms with E-state index < -0.39 is 5.76 Å². The summed E-state index contributed by atoms with van der Waals surface area (Å²) >= 11 is 0. The van der Waals surface area contributed by atoms with Gasteiger partial charge >= 0.3 is 5.76 Å². The number of methoxy groups -OCH3 is 2.